The van der Waals surface area contributed by atoms with Gasteiger partial charge in [-0.2, -0.15) is 0 Å². The molecule has 1 atom stereocenters. The van der Waals surface area contributed by atoms with Crippen molar-refractivity contribution in [3.05, 3.63) is 54.6 Å². The number of likely N-dealkylation sites (N-methyl/N-ethyl adjacent to an activating group) is 1. The highest BCUT2D eigenvalue weighted by molar-refractivity contribution is 5.97. The summed E-state index contributed by atoms with van der Waals surface area (Å²) in [6.07, 6.45) is 0. The fraction of sp³-hybridized carbons (Fsp3) is 0.316. The van der Waals surface area contributed by atoms with E-state index in [0.29, 0.717) is 5.69 Å². The maximum Gasteiger partial charge on any atom is 0.247 e. The average molecular weight is 311 g/mol. The van der Waals surface area contributed by atoms with Gasteiger partial charge in [-0.05, 0) is 43.2 Å². The van der Waals surface area contributed by atoms with Crippen LogP contribution >= 0.6 is 0 Å². The van der Waals surface area contributed by atoms with E-state index in [4.69, 9.17) is 5.73 Å². The number of para-hydroxylation sites is 1. The van der Waals surface area contributed by atoms with Gasteiger partial charge in [0.2, 0.25) is 5.91 Å². The predicted molar refractivity (Wildman–Crippen MR) is 97.6 cm³/mol. The van der Waals surface area contributed by atoms with Gasteiger partial charge in [0.1, 0.15) is 6.04 Å². The molecule has 0 bridgehead atoms. The zero-order valence-electron chi connectivity index (χ0n) is 14.0. The Bertz CT molecular complexity index is 640. The molecule has 122 valence electrons. The molecule has 0 saturated carbocycles. The number of nitrogens with two attached hydrogens (primary N) is 1. The van der Waals surface area contributed by atoms with Crippen molar-refractivity contribution in [1.82, 2.24) is 0 Å². The lowest BCUT2D eigenvalue weighted by Gasteiger charge is -2.34. The third-order valence-corrected chi connectivity index (χ3v) is 3.82. The number of anilines is 3. The number of hydrogen-bond donors (Lipinski definition) is 2. The number of benzene rings is 2. The number of amides is 1. The van der Waals surface area contributed by atoms with E-state index >= 15 is 0 Å². The van der Waals surface area contributed by atoms with Gasteiger partial charge in [0, 0.05) is 23.6 Å². The third kappa shape index (κ3) is 4.25. The fourth-order valence-electron chi connectivity index (χ4n) is 2.80. The molecule has 0 radical (unpaired) electrons. The maximum absolute atomic E-state index is 12.8. The van der Waals surface area contributed by atoms with Crippen LogP contribution in [0.3, 0.4) is 0 Å². The summed E-state index contributed by atoms with van der Waals surface area (Å²) in [7, 11) is 0. The Hall–Kier alpha value is -2.49. The minimum absolute atomic E-state index is 0.0173. The molecule has 1 amide bonds. The molecule has 0 aliphatic carbocycles. The molecule has 0 heterocycles. The number of nitrogens with one attached hydrogen (secondary N) is 1. The van der Waals surface area contributed by atoms with Crippen LogP contribution in [0, 0.1) is 5.92 Å². The molecular weight excluding hydrogens is 286 g/mol. The largest absolute Gasteiger partial charge is 0.399 e. The zero-order valence-corrected chi connectivity index (χ0v) is 14.0. The Morgan fingerprint density at radius 3 is 2.39 bits per heavy atom. The molecule has 2 aromatic rings. The van der Waals surface area contributed by atoms with E-state index in [1.165, 1.54) is 0 Å². The number of nitrogens with zero attached hydrogens (tertiary/aromatic N) is 1. The van der Waals surface area contributed by atoms with Crippen molar-refractivity contribution in [3.63, 3.8) is 0 Å². The van der Waals surface area contributed by atoms with Gasteiger partial charge in [0.05, 0.1) is 0 Å². The highest BCUT2D eigenvalue weighted by atomic mass is 16.2. The summed E-state index contributed by atoms with van der Waals surface area (Å²) in [5.74, 6) is 0.160. The molecule has 2 rings (SSSR count). The van der Waals surface area contributed by atoms with Crippen LogP contribution in [0.15, 0.2) is 54.6 Å². The lowest BCUT2D eigenvalue weighted by atomic mass is 10.0. The minimum Gasteiger partial charge on any atom is -0.399 e. The fourth-order valence-corrected chi connectivity index (χ4v) is 2.80. The highest BCUT2D eigenvalue weighted by Crippen LogP contribution is 2.22. The van der Waals surface area contributed by atoms with Crippen molar-refractivity contribution >= 4 is 23.0 Å². The van der Waals surface area contributed by atoms with E-state index in [2.05, 4.69) is 31.0 Å². The topological polar surface area (TPSA) is 58.4 Å². The Labute approximate surface area is 138 Å². The van der Waals surface area contributed by atoms with Crippen LogP contribution in [0.4, 0.5) is 17.1 Å². The molecule has 1 unspecified atom stereocenters. The van der Waals surface area contributed by atoms with E-state index in [9.17, 15) is 4.79 Å². The van der Waals surface area contributed by atoms with Gasteiger partial charge >= 0.3 is 0 Å². The Morgan fingerprint density at radius 1 is 1.13 bits per heavy atom. The van der Waals surface area contributed by atoms with Crippen LogP contribution in [0.5, 0.6) is 0 Å². The van der Waals surface area contributed by atoms with Crippen LogP contribution in [0.25, 0.3) is 0 Å². The number of nitrogen functional groups attached to an aromatic ring is 1. The van der Waals surface area contributed by atoms with Crippen molar-refractivity contribution in [2.75, 3.05) is 22.5 Å². The number of rotatable bonds is 6. The molecule has 0 fully saturated rings. The Balaban J connectivity index is 2.24. The van der Waals surface area contributed by atoms with Gasteiger partial charge in [-0.1, -0.05) is 38.1 Å². The Kier molecular flexibility index (Phi) is 5.63. The lowest BCUT2D eigenvalue weighted by Crippen LogP contribution is -2.47. The molecule has 0 aromatic heterocycles. The van der Waals surface area contributed by atoms with Crippen LogP contribution in [-0.4, -0.2) is 18.5 Å². The average Bonchev–Trinajstić information content (AvgIpc) is 2.52. The molecule has 4 nitrogen and oxygen atoms in total. The molecule has 0 spiro atoms. The summed E-state index contributed by atoms with van der Waals surface area (Å²) in [6.45, 7) is 6.96. The lowest BCUT2D eigenvalue weighted by molar-refractivity contribution is -0.118. The summed E-state index contributed by atoms with van der Waals surface area (Å²) in [4.78, 5) is 15.0. The van der Waals surface area contributed by atoms with Crippen molar-refractivity contribution in [3.8, 4) is 0 Å². The van der Waals surface area contributed by atoms with Crippen LogP contribution in [0.1, 0.15) is 20.8 Å². The van der Waals surface area contributed by atoms with Crippen molar-refractivity contribution < 1.29 is 4.79 Å². The molecular formula is C19H25N3O. The predicted octanol–water partition coefficient (Wildman–Crippen LogP) is 3.76. The monoisotopic (exact) mass is 311 g/mol. The molecule has 0 aliphatic rings. The van der Waals surface area contributed by atoms with Crippen LogP contribution in [0.2, 0.25) is 0 Å². The van der Waals surface area contributed by atoms with Crippen LogP contribution < -0.4 is 16.0 Å². The van der Waals surface area contributed by atoms with E-state index < -0.39 is 0 Å². The number of carbonyl (C=O) groups excluding carboxylic acids is 1. The molecule has 4 heteroatoms. The van der Waals surface area contributed by atoms with Gasteiger partial charge in [-0.15, -0.1) is 0 Å². The van der Waals surface area contributed by atoms with E-state index in [-0.39, 0.29) is 17.9 Å². The van der Waals surface area contributed by atoms with Gasteiger partial charge in [0.15, 0.2) is 0 Å². The summed E-state index contributed by atoms with van der Waals surface area (Å²) in [6, 6.07) is 17.0. The first-order valence-corrected chi connectivity index (χ1v) is 8.01. The summed E-state index contributed by atoms with van der Waals surface area (Å²) >= 11 is 0. The Morgan fingerprint density at radius 2 is 1.83 bits per heavy atom. The quantitative estimate of drug-likeness (QED) is 0.799. The molecule has 0 aliphatic heterocycles. The van der Waals surface area contributed by atoms with Gasteiger partial charge in [-0.3, -0.25) is 4.79 Å². The van der Waals surface area contributed by atoms with Gasteiger partial charge in [0.25, 0.3) is 0 Å². The van der Waals surface area contributed by atoms with Crippen molar-refractivity contribution in [1.29, 1.82) is 0 Å². The second-order valence-corrected chi connectivity index (χ2v) is 5.93. The molecule has 0 saturated heterocycles. The van der Waals surface area contributed by atoms with E-state index in [1.54, 1.807) is 12.1 Å². The number of hydrogen-bond acceptors (Lipinski definition) is 3. The second kappa shape index (κ2) is 7.68. The molecule has 2 aromatic carbocycles. The van der Waals surface area contributed by atoms with Gasteiger partial charge < -0.3 is 16.0 Å². The van der Waals surface area contributed by atoms with Crippen molar-refractivity contribution in [2.45, 2.75) is 26.8 Å². The highest BCUT2D eigenvalue weighted by Gasteiger charge is 2.28. The normalized spacial score (nSPS) is 12.0. The first kappa shape index (κ1) is 16.9. The SMILES string of the molecule is CCN(c1ccccc1)C(C(=O)Nc1cccc(N)c1)C(C)C. The molecule has 3 N–H and O–H groups in total. The standard InChI is InChI=1S/C19H25N3O/c1-4-22(17-11-6-5-7-12-17)18(14(2)3)19(23)21-16-10-8-9-15(20)13-16/h5-14,18H,4,20H2,1-3H3,(H,21,23). The smallest absolute Gasteiger partial charge is 0.247 e. The van der Waals surface area contributed by atoms with E-state index in [0.717, 1.165) is 17.9 Å². The van der Waals surface area contributed by atoms with Crippen molar-refractivity contribution in [2.24, 2.45) is 5.92 Å². The minimum atomic E-state index is -0.246. The first-order valence-electron chi connectivity index (χ1n) is 8.01. The zero-order chi connectivity index (χ0) is 16.8. The summed E-state index contributed by atoms with van der Waals surface area (Å²) in [5, 5.41) is 2.99. The van der Waals surface area contributed by atoms with Crippen LogP contribution in [-0.2, 0) is 4.79 Å². The third-order valence-electron chi connectivity index (χ3n) is 3.82. The second-order valence-electron chi connectivity index (χ2n) is 5.93. The summed E-state index contributed by atoms with van der Waals surface area (Å²) in [5.41, 5.74) is 8.20. The summed E-state index contributed by atoms with van der Waals surface area (Å²) < 4.78 is 0. The first-order chi connectivity index (χ1) is 11.0. The van der Waals surface area contributed by atoms with E-state index in [1.807, 2.05) is 42.5 Å². The maximum atomic E-state index is 12.8. The number of carbonyl (C=O) groups is 1. The molecule has 23 heavy (non-hydrogen) atoms. The van der Waals surface area contributed by atoms with Gasteiger partial charge in [-0.25, -0.2) is 0 Å².